The van der Waals surface area contributed by atoms with Crippen molar-refractivity contribution in [3.05, 3.63) is 41.5 Å². The first-order valence-electron chi connectivity index (χ1n) is 6.98. The number of hydrogen-bond donors (Lipinski definition) is 5. The summed E-state index contributed by atoms with van der Waals surface area (Å²) in [7, 11) is 0. The first kappa shape index (κ1) is 17.5. The van der Waals surface area contributed by atoms with Crippen molar-refractivity contribution in [2.24, 2.45) is 0 Å². The molecule has 0 aromatic heterocycles. The number of carbonyl (C=O) groups excluding carboxylic acids is 1. The van der Waals surface area contributed by atoms with Gasteiger partial charge in [0.05, 0.1) is 0 Å². The molecule has 1 aromatic carbocycles. The third-order valence-corrected chi connectivity index (χ3v) is 3.48. The van der Waals surface area contributed by atoms with Crippen molar-refractivity contribution >= 4 is 18.0 Å². The summed E-state index contributed by atoms with van der Waals surface area (Å²) in [5, 5.41) is 46.9. The Kier molecular flexibility index (Phi) is 5.22. The van der Waals surface area contributed by atoms with Crippen LogP contribution in [0.3, 0.4) is 0 Å². The zero-order chi connectivity index (χ0) is 17.9. The number of aliphatic hydroxyl groups excluding tert-OH is 2. The molecule has 128 valence electrons. The highest BCUT2D eigenvalue weighted by atomic mass is 16.6. The number of ether oxygens (including phenoxy) is 1. The molecule has 2 rings (SSSR count). The van der Waals surface area contributed by atoms with Crippen LogP contribution in [0.1, 0.15) is 12.0 Å². The molecule has 24 heavy (non-hydrogen) atoms. The Morgan fingerprint density at radius 2 is 1.88 bits per heavy atom. The molecule has 0 amide bonds. The summed E-state index contributed by atoms with van der Waals surface area (Å²) in [6.45, 7) is 0. The van der Waals surface area contributed by atoms with Crippen molar-refractivity contribution in [2.45, 2.75) is 24.7 Å². The van der Waals surface area contributed by atoms with Crippen LogP contribution >= 0.6 is 0 Å². The molecule has 0 spiro atoms. The van der Waals surface area contributed by atoms with E-state index in [2.05, 4.69) is 0 Å². The molecule has 0 bridgehead atoms. The van der Waals surface area contributed by atoms with E-state index in [-0.39, 0.29) is 23.5 Å². The van der Waals surface area contributed by atoms with E-state index < -0.39 is 30.3 Å². The molecule has 0 saturated carbocycles. The lowest BCUT2D eigenvalue weighted by Crippen LogP contribution is -2.43. The molecule has 3 atom stereocenters. The van der Waals surface area contributed by atoms with Gasteiger partial charge in [0, 0.05) is 18.1 Å². The lowest BCUT2D eigenvalue weighted by molar-refractivity contribution is -0.154. The van der Waals surface area contributed by atoms with Gasteiger partial charge in [0.1, 0.15) is 18.3 Å². The SMILES string of the molecule is O=C(/C=C/c1ccc(O)c(O)c1)OC1CC(C(=O)O)=C[C@@H](O)[C@H]1O. The summed E-state index contributed by atoms with van der Waals surface area (Å²) >= 11 is 0. The summed E-state index contributed by atoms with van der Waals surface area (Å²) < 4.78 is 4.98. The van der Waals surface area contributed by atoms with Gasteiger partial charge in [0.2, 0.25) is 0 Å². The average Bonchev–Trinajstić information content (AvgIpc) is 2.52. The fourth-order valence-electron chi connectivity index (χ4n) is 2.20. The second-order valence-electron chi connectivity index (χ2n) is 5.24. The van der Waals surface area contributed by atoms with Gasteiger partial charge < -0.3 is 30.3 Å². The summed E-state index contributed by atoms with van der Waals surface area (Å²) in [6.07, 6.45) is -0.963. The van der Waals surface area contributed by atoms with E-state index in [1.165, 1.54) is 24.3 Å². The number of hydrogen-bond acceptors (Lipinski definition) is 7. The largest absolute Gasteiger partial charge is 0.504 e. The minimum absolute atomic E-state index is 0.155. The Labute approximate surface area is 136 Å². The van der Waals surface area contributed by atoms with Gasteiger partial charge in [-0.05, 0) is 29.8 Å². The molecule has 0 radical (unpaired) electrons. The van der Waals surface area contributed by atoms with Crippen molar-refractivity contribution < 1.29 is 39.9 Å². The highest BCUT2D eigenvalue weighted by Gasteiger charge is 2.35. The Bertz CT molecular complexity index is 706. The average molecular weight is 336 g/mol. The molecule has 8 heteroatoms. The molecular weight excluding hydrogens is 320 g/mol. The number of rotatable bonds is 4. The zero-order valence-corrected chi connectivity index (χ0v) is 12.4. The van der Waals surface area contributed by atoms with Crippen LogP contribution < -0.4 is 0 Å². The molecule has 0 aliphatic heterocycles. The number of phenols is 2. The lowest BCUT2D eigenvalue weighted by atomic mass is 9.92. The number of carboxylic acids is 1. The van der Waals surface area contributed by atoms with Crippen LogP contribution in [0.2, 0.25) is 0 Å². The topological polar surface area (TPSA) is 145 Å². The highest BCUT2D eigenvalue weighted by molar-refractivity contribution is 5.88. The van der Waals surface area contributed by atoms with E-state index in [4.69, 9.17) is 9.84 Å². The molecule has 0 heterocycles. The Morgan fingerprint density at radius 1 is 1.17 bits per heavy atom. The number of phenolic OH excluding ortho intramolecular Hbond substituents is 2. The standard InChI is InChI=1S/C16H16O8/c17-10-3-1-8(5-11(10)18)2-4-14(20)24-13-7-9(16(22)23)6-12(19)15(13)21/h1-6,12-13,15,17-19,21H,7H2,(H,22,23)/b4-2+/t12-,13?,15-/m1/s1. The number of aliphatic carboxylic acids is 1. The van der Waals surface area contributed by atoms with Gasteiger partial charge in [-0.3, -0.25) is 0 Å². The number of carbonyl (C=O) groups is 2. The smallest absolute Gasteiger partial charge is 0.331 e. The van der Waals surface area contributed by atoms with Crippen molar-refractivity contribution in [3.63, 3.8) is 0 Å². The van der Waals surface area contributed by atoms with Crippen LogP contribution in [0.15, 0.2) is 35.9 Å². The second kappa shape index (κ2) is 7.16. The van der Waals surface area contributed by atoms with Gasteiger partial charge in [0.25, 0.3) is 0 Å². The minimum Gasteiger partial charge on any atom is -0.504 e. The summed E-state index contributed by atoms with van der Waals surface area (Å²) in [6, 6.07) is 3.92. The van der Waals surface area contributed by atoms with E-state index in [0.29, 0.717) is 5.56 Å². The normalized spacial score (nSPS) is 23.8. The first-order valence-corrected chi connectivity index (χ1v) is 6.98. The van der Waals surface area contributed by atoms with Gasteiger partial charge in [-0.15, -0.1) is 0 Å². The lowest BCUT2D eigenvalue weighted by Gasteiger charge is -2.29. The van der Waals surface area contributed by atoms with Crippen molar-refractivity contribution in [1.82, 2.24) is 0 Å². The van der Waals surface area contributed by atoms with Gasteiger partial charge in [-0.1, -0.05) is 6.07 Å². The van der Waals surface area contributed by atoms with Gasteiger partial charge in [-0.2, -0.15) is 0 Å². The molecule has 1 aromatic rings. The van der Waals surface area contributed by atoms with Crippen molar-refractivity contribution in [1.29, 1.82) is 0 Å². The summed E-state index contributed by atoms with van der Waals surface area (Å²) in [4.78, 5) is 22.7. The van der Waals surface area contributed by atoms with Crippen molar-refractivity contribution in [3.8, 4) is 11.5 Å². The molecule has 1 unspecified atom stereocenters. The van der Waals surface area contributed by atoms with Crippen LogP contribution in [-0.2, 0) is 14.3 Å². The van der Waals surface area contributed by atoms with E-state index >= 15 is 0 Å². The van der Waals surface area contributed by atoms with Crippen molar-refractivity contribution in [2.75, 3.05) is 0 Å². The summed E-state index contributed by atoms with van der Waals surface area (Å²) in [5.41, 5.74) is 0.260. The third kappa shape index (κ3) is 4.12. The highest BCUT2D eigenvalue weighted by Crippen LogP contribution is 2.26. The quantitative estimate of drug-likeness (QED) is 0.297. The van der Waals surface area contributed by atoms with Gasteiger partial charge in [-0.25, -0.2) is 9.59 Å². The van der Waals surface area contributed by atoms with Crippen LogP contribution in [0.4, 0.5) is 0 Å². The number of benzene rings is 1. The predicted molar refractivity (Wildman–Crippen MR) is 81.0 cm³/mol. The molecule has 0 saturated heterocycles. The predicted octanol–water partition coefficient (Wildman–Crippen LogP) is 0.159. The van der Waals surface area contributed by atoms with Crippen LogP contribution in [0.5, 0.6) is 11.5 Å². The van der Waals surface area contributed by atoms with Gasteiger partial charge >= 0.3 is 11.9 Å². The Balaban J connectivity index is 2.03. The molecule has 1 aliphatic carbocycles. The van der Waals surface area contributed by atoms with Crippen LogP contribution in [-0.4, -0.2) is 55.8 Å². The van der Waals surface area contributed by atoms with Crippen LogP contribution in [0, 0.1) is 0 Å². The van der Waals surface area contributed by atoms with E-state index in [9.17, 15) is 30.0 Å². The van der Waals surface area contributed by atoms with Crippen LogP contribution in [0.25, 0.3) is 6.08 Å². The zero-order valence-electron chi connectivity index (χ0n) is 12.4. The Morgan fingerprint density at radius 3 is 2.50 bits per heavy atom. The molecule has 1 aliphatic rings. The third-order valence-electron chi connectivity index (χ3n) is 3.48. The minimum atomic E-state index is -1.44. The second-order valence-corrected chi connectivity index (χ2v) is 5.24. The maximum Gasteiger partial charge on any atom is 0.331 e. The fourth-order valence-corrected chi connectivity index (χ4v) is 2.20. The Hall–Kier alpha value is -2.84. The first-order chi connectivity index (χ1) is 11.3. The van der Waals surface area contributed by atoms with E-state index in [1.54, 1.807) is 0 Å². The number of aliphatic hydroxyl groups is 2. The fraction of sp³-hybridized carbons (Fsp3) is 0.250. The molecule has 5 N–H and O–H groups in total. The van der Waals surface area contributed by atoms with E-state index in [1.807, 2.05) is 0 Å². The molecule has 0 fully saturated rings. The summed E-state index contributed by atoms with van der Waals surface area (Å²) in [5.74, 6) is -2.78. The molecule has 8 nitrogen and oxygen atoms in total. The number of aromatic hydroxyl groups is 2. The maximum atomic E-state index is 11.8. The number of carboxylic acid groups (broad SMARTS) is 1. The maximum absolute atomic E-state index is 11.8. The number of esters is 1. The van der Waals surface area contributed by atoms with Gasteiger partial charge in [0.15, 0.2) is 11.5 Å². The monoisotopic (exact) mass is 336 g/mol. The molecular formula is C16H16O8. The van der Waals surface area contributed by atoms with E-state index in [0.717, 1.165) is 12.2 Å².